The lowest BCUT2D eigenvalue weighted by atomic mass is 10.1. The van der Waals surface area contributed by atoms with Gasteiger partial charge in [-0.05, 0) is 128 Å². The van der Waals surface area contributed by atoms with Gasteiger partial charge in [-0.3, -0.25) is 0 Å². The number of benzene rings is 10. The summed E-state index contributed by atoms with van der Waals surface area (Å²) in [5.41, 5.74) is 15.1. The number of aromatic hydroxyl groups is 10. The molecule has 0 unspecified atom stereocenters. The molecule has 10 rings (SSSR count). The van der Waals surface area contributed by atoms with Gasteiger partial charge in [0.1, 0.15) is 57.5 Å². The number of ether oxygens (including phenoxy) is 12. The van der Waals surface area contributed by atoms with Gasteiger partial charge < -0.3 is 108 Å². The number of rotatable bonds is 28. The van der Waals surface area contributed by atoms with Crippen LogP contribution in [0.4, 0.5) is 0 Å². The fourth-order valence-electron chi connectivity index (χ4n) is 10.3. The van der Waals surface area contributed by atoms with Gasteiger partial charge in [0, 0.05) is 143 Å². The Bertz CT molecular complexity index is 4220. The molecular weight excluding hydrogens is 1520 g/mol. The Hall–Kier alpha value is -9.99. The Labute approximate surface area is 698 Å². The lowest BCUT2D eigenvalue weighted by Crippen LogP contribution is -2.02. The zero-order chi connectivity index (χ0) is 87.5. The number of hydrogen-bond donors (Lipinski definition) is 10. The fourth-order valence-corrected chi connectivity index (χ4v) is 10.4. The SMILES string of the molecule is CC(C)OCc1ccccc1O.CCOCc1cccc(COC)c1O.CCOCc1ccccc1O.COCCc1ccccc1O.COCc1cc(C)cc(C)c1O.COCc1cc(C)cc(COC)c1O.COCc1cc(C)ccc1O.COCc1ccc(Cl)cc1O.COCc1cccc(C)c1O.COCc1ccccc1O. The smallest absolute Gasteiger partial charge is 0.126 e. The van der Waals surface area contributed by atoms with Crippen LogP contribution in [0.15, 0.2) is 194 Å². The third-order valence-corrected chi connectivity index (χ3v) is 16.4. The molecule has 10 N–H and O–H groups in total. The Morgan fingerprint density at radius 3 is 1.01 bits per heavy atom. The molecule has 10 aromatic carbocycles. The minimum atomic E-state index is 0.180. The molecule has 22 nitrogen and oxygen atoms in total. The predicted molar refractivity (Wildman–Crippen MR) is 462 cm³/mol. The molecule has 0 aliphatic rings. The fraction of sp³-hybridized carbons (Fsp3) is 0.362. The van der Waals surface area contributed by atoms with Crippen molar-refractivity contribution in [3.05, 3.63) is 294 Å². The maximum absolute atomic E-state index is 9.82. The topological polar surface area (TPSA) is 313 Å². The van der Waals surface area contributed by atoms with Crippen LogP contribution in [0.25, 0.3) is 0 Å². The molecule has 0 spiro atoms. The summed E-state index contributed by atoms with van der Waals surface area (Å²) in [5, 5.41) is 94.7. The highest BCUT2D eigenvalue weighted by atomic mass is 35.5. The van der Waals surface area contributed by atoms with Crippen LogP contribution in [0.3, 0.4) is 0 Å². The lowest BCUT2D eigenvalue weighted by Gasteiger charge is -2.10. The average Bonchev–Trinajstić information content (AvgIpc) is 0.843. The van der Waals surface area contributed by atoms with Crippen molar-refractivity contribution in [2.24, 2.45) is 0 Å². The molecule has 23 heteroatoms. The average molecular weight is 1640 g/mol. The quantitative estimate of drug-likeness (QED) is 0.0218. The van der Waals surface area contributed by atoms with E-state index in [9.17, 15) is 46.0 Å². The molecule has 0 bridgehead atoms. The van der Waals surface area contributed by atoms with Crippen molar-refractivity contribution in [3.8, 4) is 57.5 Å². The van der Waals surface area contributed by atoms with Crippen molar-refractivity contribution >= 4 is 11.6 Å². The van der Waals surface area contributed by atoms with Crippen LogP contribution >= 0.6 is 11.6 Å². The minimum absolute atomic E-state index is 0.180. The third-order valence-electron chi connectivity index (χ3n) is 16.2. The number of halogens is 1. The summed E-state index contributed by atoms with van der Waals surface area (Å²) in [7, 11) is 14.5. The van der Waals surface area contributed by atoms with Crippen molar-refractivity contribution in [1.29, 1.82) is 0 Å². The Morgan fingerprint density at radius 2 is 0.581 bits per heavy atom. The molecule has 0 aliphatic heterocycles. The number of aryl methyl sites for hydroxylation is 5. The van der Waals surface area contributed by atoms with Gasteiger partial charge >= 0.3 is 0 Å². The highest BCUT2D eigenvalue weighted by molar-refractivity contribution is 6.30. The van der Waals surface area contributed by atoms with Crippen molar-refractivity contribution in [3.63, 3.8) is 0 Å². The van der Waals surface area contributed by atoms with E-state index in [0.29, 0.717) is 138 Å². The van der Waals surface area contributed by atoms with Crippen LogP contribution in [-0.2, 0) is 136 Å². The molecular formula is C94H127ClO22. The molecule has 0 fully saturated rings. The summed E-state index contributed by atoms with van der Waals surface area (Å²) in [5.74, 6) is 2.99. The Morgan fingerprint density at radius 1 is 0.265 bits per heavy atom. The molecule has 0 atom stereocenters. The zero-order valence-electron chi connectivity index (χ0n) is 71.4. The van der Waals surface area contributed by atoms with Crippen LogP contribution in [0.2, 0.25) is 5.02 Å². The van der Waals surface area contributed by atoms with E-state index in [4.69, 9.17) is 73.5 Å². The van der Waals surface area contributed by atoms with Crippen LogP contribution in [-0.4, -0.2) is 141 Å². The first kappa shape index (κ1) is 105. The first-order valence-corrected chi connectivity index (χ1v) is 38.1. The second kappa shape index (κ2) is 63.2. The van der Waals surface area contributed by atoms with E-state index in [1.54, 1.807) is 125 Å². The normalized spacial score (nSPS) is 10.2. The van der Waals surface area contributed by atoms with Gasteiger partial charge in [0.15, 0.2) is 0 Å². The van der Waals surface area contributed by atoms with Crippen molar-refractivity contribution < 1.29 is 108 Å². The predicted octanol–water partition coefficient (Wildman–Crippen LogP) is 19.5. The van der Waals surface area contributed by atoms with Gasteiger partial charge in [0.05, 0.1) is 85.4 Å². The standard InChI is InChI=1S/2C11H16O3.2C10H14O2.4C9H12O2.C8H9ClO2.C8H10O2/c1-8-4-9(6-13-2)11(12)10(5-8)7-14-3;1-3-14-8-10-6-4-5-9(7-13-2)11(10)12;1-7-4-8(2)10(11)9(5-7)6-12-3;1-8(2)12-7-9-5-3-4-6-10(9)11;1-7-3-4-9(10)8(5-7)6-11-2;1-7-4-3-5-8(6-11-2)9(7)10;1-11-7-6-8-4-2-3-5-9(8)10;1-2-11-7-8-5-3-4-6-9(8)10;1-11-5-6-2-3-7(9)4-8(6)10;1-10-6-7-4-2-3-5-8(7)9/h4-5,12H,6-7H2,1-3H3;4-6,12H,3,7-8H2,1-2H3;4-5,11H,6H2,1-3H3;3-6,8,11H,7H2,1-2H3;2*3-5,10H,6H2,1-2H3;2-5,10H,6-7H2,1H3;3-6,10H,2,7H2,1H3;2-4,10H,5H2,1H3;2-5,9H,6H2,1H3. The number of methoxy groups -OCH3 is 9. The highest BCUT2D eigenvalue weighted by Gasteiger charge is 2.11. The highest BCUT2D eigenvalue weighted by Crippen LogP contribution is 2.29. The molecule has 0 saturated carbocycles. The van der Waals surface area contributed by atoms with E-state index in [0.717, 1.165) is 101 Å². The van der Waals surface area contributed by atoms with Gasteiger partial charge in [-0.2, -0.15) is 0 Å². The number of phenolic OH excluding ortho intramolecular Hbond substituents is 10. The van der Waals surface area contributed by atoms with Gasteiger partial charge in [0.2, 0.25) is 0 Å². The molecule has 0 radical (unpaired) electrons. The molecule has 642 valence electrons. The Balaban J connectivity index is 0.000000651. The van der Waals surface area contributed by atoms with Crippen LogP contribution < -0.4 is 0 Å². The summed E-state index contributed by atoms with van der Waals surface area (Å²) >= 11 is 5.62. The monoisotopic (exact) mass is 1640 g/mol. The summed E-state index contributed by atoms with van der Waals surface area (Å²) in [6, 6.07) is 58.2. The van der Waals surface area contributed by atoms with Gasteiger partial charge in [0.25, 0.3) is 0 Å². The molecule has 117 heavy (non-hydrogen) atoms. The molecule has 0 heterocycles. The van der Waals surface area contributed by atoms with E-state index >= 15 is 0 Å². The summed E-state index contributed by atoms with van der Waals surface area (Å²) in [6.45, 7) is 24.5. The number of para-hydroxylation sites is 6. The zero-order valence-corrected chi connectivity index (χ0v) is 72.2. The molecule has 0 amide bonds. The number of hydrogen-bond acceptors (Lipinski definition) is 22. The van der Waals surface area contributed by atoms with Gasteiger partial charge in [-0.1, -0.05) is 180 Å². The molecule has 0 saturated heterocycles. The van der Waals surface area contributed by atoms with E-state index in [-0.39, 0.29) is 23.4 Å². The second-order valence-corrected chi connectivity index (χ2v) is 26.7. The van der Waals surface area contributed by atoms with Gasteiger partial charge in [-0.25, -0.2) is 0 Å². The van der Waals surface area contributed by atoms with Crippen LogP contribution in [0, 0.1) is 34.6 Å². The maximum atomic E-state index is 9.82. The third kappa shape index (κ3) is 44.2. The minimum Gasteiger partial charge on any atom is -0.508 e. The lowest BCUT2D eigenvalue weighted by molar-refractivity contribution is 0.0645. The summed E-state index contributed by atoms with van der Waals surface area (Å²) in [4.78, 5) is 0. The van der Waals surface area contributed by atoms with Crippen LogP contribution in [0.5, 0.6) is 57.5 Å². The first-order valence-electron chi connectivity index (χ1n) is 37.8. The molecule has 0 aromatic heterocycles. The summed E-state index contributed by atoms with van der Waals surface area (Å²) in [6.07, 6.45) is 0.966. The van der Waals surface area contributed by atoms with E-state index < -0.39 is 0 Å². The van der Waals surface area contributed by atoms with Gasteiger partial charge in [-0.15, -0.1) is 0 Å². The second-order valence-electron chi connectivity index (χ2n) is 26.3. The van der Waals surface area contributed by atoms with E-state index in [1.807, 2.05) is 190 Å². The van der Waals surface area contributed by atoms with Crippen molar-refractivity contribution in [1.82, 2.24) is 0 Å². The molecule has 10 aromatic rings. The maximum Gasteiger partial charge on any atom is 0.126 e. The molecule has 0 aliphatic carbocycles. The number of phenols is 10. The van der Waals surface area contributed by atoms with Crippen molar-refractivity contribution in [2.75, 3.05) is 83.8 Å². The first-order chi connectivity index (χ1) is 56.1. The van der Waals surface area contributed by atoms with E-state index in [1.165, 1.54) is 6.07 Å². The largest absolute Gasteiger partial charge is 0.508 e. The summed E-state index contributed by atoms with van der Waals surface area (Å²) < 4.78 is 60.0. The van der Waals surface area contributed by atoms with E-state index in [2.05, 4.69) is 0 Å². The Kier molecular flexibility index (Phi) is 56.7. The van der Waals surface area contributed by atoms with Crippen molar-refractivity contribution in [2.45, 2.75) is 148 Å². The van der Waals surface area contributed by atoms with Crippen LogP contribution in [0.1, 0.15) is 122 Å².